The Morgan fingerprint density at radius 3 is 2.50 bits per heavy atom. The van der Waals surface area contributed by atoms with Crippen LogP contribution in [0.4, 0.5) is 8.78 Å². The van der Waals surface area contributed by atoms with Crippen molar-refractivity contribution in [2.45, 2.75) is 19.8 Å². The molecular weight excluding hydrogens is 240 g/mol. The van der Waals surface area contributed by atoms with Gasteiger partial charge in [-0.1, -0.05) is 19.4 Å². The molecule has 100 valence electrons. The number of carbonyl (C=O) groups is 1. The standard InChI is InChI=1S/C13H17F2NO2/c1-2-9(6-7-17)8-16-13(18)12-10(14)4-3-5-11(12)15/h3-5,9,17H,2,6-8H2,1H3,(H,16,18). The average Bonchev–Trinajstić information content (AvgIpc) is 2.34. The van der Waals surface area contributed by atoms with Gasteiger partial charge in [-0.05, 0) is 24.5 Å². The largest absolute Gasteiger partial charge is 0.396 e. The summed E-state index contributed by atoms with van der Waals surface area (Å²) in [6.45, 7) is 2.25. The summed E-state index contributed by atoms with van der Waals surface area (Å²) in [6, 6.07) is 3.30. The van der Waals surface area contributed by atoms with Gasteiger partial charge in [0.1, 0.15) is 17.2 Å². The molecule has 0 saturated heterocycles. The molecule has 1 unspecified atom stereocenters. The molecule has 18 heavy (non-hydrogen) atoms. The number of benzene rings is 1. The van der Waals surface area contributed by atoms with Crippen molar-refractivity contribution in [3.8, 4) is 0 Å². The van der Waals surface area contributed by atoms with E-state index in [1.54, 1.807) is 0 Å². The lowest BCUT2D eigenvalue weighted by molar-refractivity contribution is 0.0935. The second kappa shape index (κ2) is 7.06. The van der Waals surface area contributed by atoms with E-state index in [0.717, 1.165) is 18.6 Å². The minimum atomic E-state index is -0.872. The highest BCUT2D eigenvalue weighted by atomic mass is 19.1. The zero-order valence-electron chi connectivity index (χ0n) is 10.2. The third-order valence-corrected chi connectivity index (χ3v) is 2.86. The summed E-state index contributed by atoms with van der Waals surface area (Å²) in [5, 5.41) is 11.3. The van der Waals surface area contributed by atoms with Gasteiger partial charge in [-0.25, -0.2) is 8.78 Å². The number of aliphatic hydroxyl groups is 1. The molecule has 0 aromatic heterocycles. The molecule has 0 bridgehead atoms. The molecule has 3 nitrogen and oxygen atoms in total. The predicted octanol–water partition coefficient (Wildman–Crippen LogP) is 2.10. The van der Waals surface area contributed by atoms with E-state index in [2.05, 4.69) is 5.32 Å². The number of rotatable bonds is 6. The molecule has 0 aliphatic rings. The number of hydrogen-bond acceptors (Lipinski definition) is 2. The maximum atomic E-state index is 13.3. The number of nitrogens with one attached hydrogen (secondary N) is 1. The minimum absolute atomic E-state index is 0.0302. The molecule has 1 aromatic rings. The summed E-state index contributed by atoms with van der Waals surface area (Å²) >= 11 is 0. The summed E-state index contributed by atoms with van der Waals surface area (Å²) in [5.74, 6) is -2.40. The summed E-state index contributed by atoms with van der Waals surface area (Å²) in [7, 11) is 0. The SMILES string of the molecule is CCC(CCO)CNC(=O)c1c(F)cccc1F. The van der Waals surface area contributed by atoms with Crippen molar-refractivity contribution >= 4 is 5.91 Å². The van der Waals surface area contributed by atoms with E-state index in [-0.39, 0.29) is 12.5 Å². The monoisotopic (exact) mass is 257 g/mol. The Kier molecular flexibility index (Phi) is 5.71. The number of aliphatic hydroxyl groups excluding tert-OH is 1. The van der Waals surface area contributed by atoms with Crippen LogP contribution in [0.1, 0.15) is 30.1 Å². The van der Waals surface area contributed by atoms with Crippen LogP contribution in [0, 0.1) is 17.6 Å². The van der Waals surface area contributed by atoms with Crippen molar-refractivity contribution in [1.29, 1.82) is 0 Å². The van der Waals surface area contributed by atoms with Gasteiger partial charge in [0.2, 0.25) is 0 Å². The first-order chi connectivity index (χ1) is 8.60. The van der Waals surface area contributed by atoms with Crippen LogP contribution in [-0.4, -0.2) is 24.2 Å². The lowest BCUT2D eigenvalue weighted by atomic mass is 10.0. The Morgan fingerprint density at radius 2 is 2.00 bits per heavy atom. The van der Waals surface area contributed by atoms with Gasteiger partial charge < -0.3 is 10.4 Å². The van der Waals surface area contributed by atoms with Crippen LogP contribution in [0.5, 0.6) is 0 Å². The maximum Gasteiger partial charge on any atom is 0.257 e. The lowest BCUT2D eigenvalue weighted by Crippen LogP contribution is -2.30. The molecule has 0 spiro atoms. The predicted molar refractivity (Wildman–Crippen MR) is 64.2 cm³/mol. The van der Waals surface area contributed by atoms with Gasteiger partial charge in [0.15, 0.2) is 0 Å². The van der Waals surface area contributed by atoms with E-state index >= 15 is 0 Å². The molecule has 2 N–H and O–H groups in total. The van der Waals surface area contributed by atoms with E-state index in [1.807, 2.05) is 6.92 Å². The first-order valence-corrected chi connectivity index (χ1v) is 5.93. The molecule has 0 radical (unpaired) electrons. The fourth-order valence-corrected chi connectivity index (χ4v) is 1.67. The Morgan fingerprint density at radius 1 is 1.39 bits per heavy atom. The molecule has 0 fully saturated rings. The first-order valence-electron chi connectivity index (χ1n) is 5.93. The molecule has 0 saturated carbocycles. The summed E-state index contributed by atoms with van der Waals surface area (Å²) in [4.78, 5) is 11.7. The Balaban J connectivity index is 2.65. The van der Waals surface area contributed by atoms with Crippen molar-refractivity contribution in [2.24, 2.45) is 5.92 Å². The summed E-state index contributed by atoms with van der Waals surface area (Å²) in [6.07, 6.45) is 1.33. The fraction of sp³-hybridized carbons (Fsp3) is 0.462. The quantitative estimate of drug-likeness (QED) is 0.820. The summed E-state index contributed by atoms with van der Waals surface area (Å²) in [5.41, 5.74) is -0.559. The van der Waals surface area contributed by atoms with Crippen LogP contribution >= 0.6 is 0 Å². The van der Waals surface area contributed by atoms with Crippen molar-refractivity contribution in [3.63, 3.8) is 0 Å². The number of hydrogen-bond donors (Lipinski definition) is 2. The van der Waals surface area contributed by atoms with E-state index in [0.29, 0.717) is 13.0 Å². The molecule has 0 heterocycles. The highest BCUT2D eigenvalue weighted by Crippen LogP contribution is 2.12. The van der Waals surface area contributed by atoms with E-state index in [4.69, 9.17) is 5.11 Å². The van der Waals surface area contributed by atoms with Crippen LogP contribution in [0.3, 0.4) is 0 Å². The normalized spacial score (nSPS) is 12.2. The number of amides is 1. The van der Waals surface area contributed by atoms with Gasteiger partial charge in [0.25, 0.3) is 5.91 Å². The van der Waals surface area contributed by atoms with Crippen LogP contribution in [0.15, 0.2) is 18.2 Å². The highest BCUT2D eigenvalue weighted by molar-refractivity contribution is 5.94. The minimum Gasteiger partial charge on any atom is -0.396 e. The highest BCUT2D eigenvalue weighted by Gasteiger charge is 2.17. The molecule has 1 amide bonds. The first kappa shape index (κ1) is 14.6. The van der Waals surface area contributed by atoms with Crippen LogP contribution < -0.4 is 5.32 Å². The van der Waals surface area contributed by atoms with Crippen LogP contribution in [-0.2, 0) is 0 Å². The second-order valence-corrected chi connectivity index (χ2v) is 4.09. The van der Waals surface area contributed by atoms with Gasteiger partial charge in [-0.2, -0.15) is 0 Å². The van der Waals surface area contributed by atoms with E-state index < -0.39 is 23.1 Å². The number of halogens is 2. The fourth-order valence-electron chi connectivity index (χ4n) is 1.67. The zero-order chi connectivity index (χ0) is 13.5. The van der Waals surface area contributed by atoms with Crippen molar-refractivity contribution in [3.05, 3.63) is 35.4 Å². The van der Waals surface area contributed by atoms with Gasteiger partial charge in [0.05, 0.1) is 0 Å². The van der Waals surface area contributed by atoms with Gasteiger partial charge >= 0.3 is 0 Å². The van der Waals surface area contributed by atoms with Crippen molar-refractivity contribution in [1.82, 2.24) is 5.32 Å². The van der Waals surface area contributed by atoms with Gasteiger partial charge in [0, 0.05) is 13.2 Å². The van der Waals surface area contributed by atoms with Crippen LogP contribution in [0.25, 0.3) is 0 Å². The molecule has 0 aliphatic carbocycles. The zero-order valence-corrected chi connectivity index (χ0v) is 10.2. The topological polar surface area (TPSA) is 49.3 Å². The van der Waals surface area contributed by atoms with E-state index in [9.17, 15) is 13.6 Å². The van der Waals surface area contributed by atoms with Gasteiger partial charge in [-0.3, -0.25) is 4.79 Å². The Bertz CT molecular complexity index is 390. The molecule has 5 heteroatoms. The average molecular weight is 257 g/mol. The van der Waals surface area contributed by atoms with Gasteiger partial charge in [-0.15, -0.1) is 0 Å². The Hall–Kier alpha value is -1.49. The number of carbonyl (C=O) groups excluding carboxylic acids is 1. The second-order valence-electron chi connectivity index (χ2n) is 4.09. The summed E-state index contributed by atoms with van der Waals surface area (Å²) < 4.78 is 26.6. The van der Waals surface area contributed by atoms with Crippen LogP contribution in [0.2, 0.25) is 0 Å². The van der Waals surface area contributed by atoms with Crippen molar-refractivity contribution in [2.75, 3.05) is 13.2 Å². The molecular formula is C13H17F2NO2. The third kappa shape index (κ3) is 3.77. The smallest absolute Gasteiger partial charge is 0.257 e. The molecule has 0 aliphatic heterocycles. The third-order valence-electron chi connectivity index (χ3n) is 2.86. The lowest BCUT2D eigenvalue weighted by Gasteiger charge is -2.14. The molecule has 1 rings (SSSR count). The van der Waals surface area contributed by atoms with Crippen molar-refractivity contribution < 1.29 is 18.7 Å². The molecule has 1 aromatic carbocycles. The van der Waals surface area contributed by atoms with E-state index in [1.165, 1.54) is 6.07 Å². The maximum absolute atomic E-state index is 13.3. The molecule has 1 atom stereocenters. The Labute approximate surface area is 105 Å².